The van der Waals surface area contributed by atoms with Crippen LogP contribution in [0.25, 0.3) is 0 Å². The maximum Gasteiger partial charge on any atom is 0.326 e. The van der Waals surface area contributed by atoms with Gasteiger partial charge in [-0.2, -0.15) is 0 Å². The van der Waals surface area contributed by atoms with E-state index in [9.17, 15) is 20.0 Å². The van der Waals surface area contributed by atoms with E-state index in [1.54, 1.807) is 4.90 Å². The second kappa shape index (κ2) is 3.66. The lowest BCUT2D eigenvalue weighted by atomic mass is 10.2. The second-order valence-electron chi connectivity index (χ2n) is 4.70. The van der Waals surface area contributed by atoms with Gasteiger partial charge in [-0.1, -0.05) is 0 Å². The van der Waals surface area contributed by atoms with Crippen LogP contribution in [0.1, 0.15) is 6.42 Å². The summed E-state index contributed by atoms with van der Waals surface area (Å²) in [5, 5.41) is 20.2. The Morgan fingerprint density at radius 3 is 3.06 bits per heavy atom. The first-order valence-corrected chi connectivity index (χ1v) is 5.68. The number of hydrogen-bond donors (Lipinski definition) is 1. The number of carbonyl (C=O) groups is 1. The average Bonchev–Trinajstić information content (AvgIpc) is 2.99. The van der Waals surface area contributed by atoms with Crippen LogP contribution in [0.15, 0.2) is 18.3 Å². The van der Waals surface area contributed by atoms with Crippen molar-refractivity contribution in [3.63, 3.8) is 0 Å². The summed E-state index contributed by atoms with van der Waals surface area (Å²) in [5.74, 6) is -0.307. The molecule has 2 aliphatic rings. The summed E-state index contributed by atoms with van der Waals surface area (Å²) in [6.07, 6.45) is 2.35. The molecule has 18 heavy (non-hydrogen) atoms. The lowest BCUT2D eigenvalue weighted by molar-refractivity contribution is -0.384. The summed E-state index contributed by atoms with van der Waals surface area (Å²) in [7, 11) is 0. The highest BCUT2D eigenvalue weighted by Crippen LogP contribution is 2.51. The van der Waals surface area contributed by atoms with Crippen molar-refractivity contribution in [3.05, 3.63) is 28.4 Å². The van der Waals surface area contributed by atoms with Gasteiger partial charge in [0.15, 0.2) is 0 Å². The molecule has 3 unspecified atom stereocenters. The Morgan fingerprint density at radius 2 is 2.39 bits per heavy atom. The average molecular weight is 249 g/mol. The number of aliphatic carboxylic acids is 1. The summed E-state index contributed by atoms with van der Waals surface area (Å²) < 4.78 is 0. The van der Waals surface area contributed by atoms with Crippen LogP contribution in [0.5, 0.6) is 0 Å². The molecule has 1 aliphatic carbocycles. The number of aromatic nitrogens is 1. The van der Waals surface area contributed by atoms with Gasteiger partial charge in [-0.05, 0) is 24.3 Å². The second-order valence-corrected chi connectivity index (χ2v) is 4.70. The standard InChI is InChI=1S/C11H11N3O4/c15-11(16)9-7-4-6(7)5-13(9)10-8(14(17)18)2-1-3-12-10/h1-3,6-7,9H,4-5H2,(H,15,16). The van der Waals surface area contributed by atoms with E-state index in [0.717, 1.165) is 6.42 Å². The van der Waals surface area contributed by atoms with Crippen molar-refractivity contribution < 1.29 is 14.8 Å². The number of fused-ring (bicyclic) bond motifs is 1. The molecule has 0 aromatic carbocycles. The minimum absolute atomic E-state index is 0.115. The minimum Gasteiger partial charge on any atom is -0.480 e. The fourth-order valence-corrected chi connectivity index (χ4v) is 2.75. The molecule has 0 radical (unpaired) electrons. The van der Waals surface area contributed by atoms with E-state index in [1.807, 2.05) is 0 Å². The van der Waals surface area contributed by atoms with Gasteiger partial charge in [-0.25, -0.2) is 9.78 Å². The number of anilines is 1. The third-order valence-electron chi connectivity index (χ3n) is 3.64. The van der Waals surface area contributed by atoms with Crippen LogP contribution in [0.3, 0.4) is 0 Å². The predicted octanol–water partition coefficient (Wildman–Crippen LogP) is 0.899. The third-order valence-corrected chi connectivity index (χ3v) is 3.64. The van der Waals surface area contributed by atoms with Crippen molar-refractivity contribution >= 4 is 17.5 Å². The largest absolute Gasteiger partial charge is 0.480 e. The highest BCUT2D eigenvalue weighted by atomic mass is 16.6. The molecule has 1 aromatic rings. The van der Waals surface area contributed by atoms with Gasteiger partial charge in [0.2, 0.25) is 5.82 Å². The number of nitro groups is 1. The van der Waals surface area contributed by atoms with E-state index in [4.69, 9.17) is 0 Å². The topological polar surface area (TPSA) is 96.6 Å². The monoisotopic (exact) mass is 249 g/mol. The molecule has 3 atom stereocenters. The van der Waals surface area contributed by atoms with Crippen molar-refractivity contribution in [1.82, 2.24) is 4.98 Å². The van der Waals surface area contributed by atoms with Gasteiger partial charge in [-0.15, -0.1) is 0 Å². The third kappa shape index (κ3) is 1.51. The quantitative estimate of drug-likeness (QED) is 0.631. The molecule has 0 amide bonds. The van der Waals surface area contributed by atoms with E-state index in [-0.39, 0.29) is 17.4 Å². The van der Waals surface area contributed by atoms with Crippen LogP contribution in [-0.4, -0.2) is 33.6 Å². The smallest absolute Gasteiger partial charge is 0.326 e. The molecule has 1 saturated heterocycles. The number of carboxylic acids is 1. The Hall–Kier alpha value is -2.18. The van der Waals surface area contributed by atoms with Crippen LogP contribution < -0.4 is 4.90 Å². The fraction of sp³-hybridized carbons (Fsp3) is 0.455. The van der Waals surface area contributed by atoms with Gasteiger partial charge < -0.3 is 10.0 Å². The maximum absolute atomic E-state index is 11.3. The molecule has 1 saturated carbocycles. The molecular formula is C11H11N3O4. The zero-order chi connectivity index (χ0) is 12.9. The van der Waals surface area contributed by atoms with Crippen LogP contribution in [-0.2, 0) is 4.79 Å². The van der Waals surface area contributed by atoms with Crippen LogP contribution in [0.2, 0.25) is 0 Å². The number of hydrogen-bond acceptors (Lipinski definition) is 5. The highest BCUT2D eigenvalue weighted by Gasteiger charge is 2.57. The lowest BCUT2D eigenvalue weighted by Gasteiger charge is -2.24. The van der Waals surface area contributed by atoms with Crippen molar-refractivity contribution in [2.75, 3.05) is 11.4 Å². The highest BCUT2D eigenvalue weighted by molar-refractivity contribution is 5.81. The van der Waals surface area contributed by atoms with Crippen LogP contribution in [0.4, 0.5) is 11.5 Å². The first-order valence-electron chi connectivity index (χ1n) is 5.68. The van der Waals surface area contributed by atoms with Gasteiger partial charge in [0, 0.05) is 18.8 Å². The summed E-state index contributed by atoms with van der Waals surface area (Å²) >= 11 is 0. The minimum atomic E-state index is -0.931. The zero-order valence-corrected chi connectivity index (χ0v) is 9.39. The molecule has 2 heterocycles. The Labute approximate surface area is 102 Å². The maximum atomic E-state index is 11.3. The van der Waals surface area contributed by atoms with Gasteiger partial charge in [0.1, 0.15) is 6.04 Å². The number of rotatable bonds is 3. The predicted molar refractivity (Wildman–Crippen MR) is 61.3 cm³/mol. The van der Waals surface area contributed by atoms with E-state index >= 15 is 0 Å². The molecule has 94 valence electrons. The molecule has 0 bridgehead atoms. The van der Waals surface area contributed by atoms with Gasteiger partial charge >= 0.3 is 11.7 Å². The lowest BCUT2D eigenvalue weighted by Crippen LogP contribution is -2.40. The number of carboxylic acid groups (broad SMARTS) is 1. The normalized spacial score (nSPS) is 28.9. The van der Waals surface area contributed by atoms with Gasteiger partial charge in [-0.3, -0.25) is 10.1 Å². The SMILES string of the molecule is O=C(O)C1C2CC2CN1c1ncccc1[N+](=O)[O-]. The van der Waals surface area contributed by atoms with Crippen molar-refractivity contribution in [3.8, 4) is 0 Å². The van der Waals surface area contributed by atoms with E-state index in [1.165, 1.54) is 18.3 Å². The molecule has 2 fully saturated rings. The van der Waals surface area contributed by atoms with E-state index < -0.39 is 16.9 Å². The Morgan fingerprint density at radius 1 is 1.61 bits per heavy atom. The van der Waals surface area contributed by atoms with Crippen molar-refractivity contribution in [2.45, 2.75) is 12.5 Å². The molecule has 1 aromatic heterocycles. The first kappa shape index (κ1) is 10.9. The van der Waals surface area contributed by atoms with Gasteiger partial charge in [0.05, 0.1) is 4.92 Å². The molecule has 0 spiro atoms. The Bertz CT molecular complexity index is 533. The Balaban J connectivity index is 2.00. The summed E-state index contributed by atoms with van der Waals surface area (Å²) in [5.41, 5.74) is -0.134. The summed E-state index contributed by atoms with van der Waals surface area (Å²) in [6.45, 7) is 0.541. The molecule has 7 nitrogen and oxygen atoms in total. The molecule has 3 rings (SSSR count). The van der Waals surface area contributed by atoms with Crippen LogP contribution >= 0.6 is 0 Å². The molecule has 7 heteroatoms. The van der Waals surface area contributed by atoms with Crippen molar-refractivity contribution in [2.24, 2.45) is 11.8 Å². The van der Waals surface area contributed by atoms with E-state index in [2.05, 4.69) is 4.98 Å². The summed E-state index contributed by atoms with van der Waals surface area (Å²) in [6, 6.07) is 2.16. The van der Waals surface area contributed by atoms with E-state index in [0.29, 0.717) is 12.5 Å². The van der Waals surface area contributed by atoms with Gasteiger partial charge in [0.25, 0.3) is 0 Å². The zero-order valence-electron chi connectivity index (χ0n) is 9.39. The summed E-state index contributed by atoms with van der Waals surface area (Å²) in [4.78, 5) is 27.2. The molecule has 1 N–H and O–H groups in total. The fourth-order valence-electron chi connectivity index (χ4n) is 2.75. The number of nitrogens with zero attached hydrogens (tertiary/aromatic N) is 3. The molecule has 1 aliphatic heterocycles. The molecular weight excluding hydrogens is 238 g/mol. The number of pyridine rings is 1. The van der Waals surface area contributed by atoms with Crippen molar-refractivity contribution in [1.29, 1.82) is 0 Å². The Kier molecular flexibility index (Phi) is 2.22. The number of piperidine rings is 1. The first-order chi connectivity index (χ1) is 8.59. The van der Waals surface area contributed by atoms with Crippen LogP contribution in [0, 0.1) is 22.0 Å².